The Kier molecular flexibility index (Phi) is 5.03. The van der Waals surface area contributed by atoms with Gasteiger partial charge < -0.3 is 15.7 Å². The highest BCUT2D eigenvalue weighted by molar-refractivity contribution is 7.16. The standard InChI is InChI=1S/C18H20N4O3S/c1-4-19-17-9(2)7-11(8-20-17)14(24)12-5-6-13-16(15(12)25)26-18(22-13)21-10(3)23/h7-8,25H,4-6H2,1-3H3,(H,19,20)(H,21,22,23). The Labute approximate surface area is 155 Å². The number of rotatable bonds is 5. The molecule has 0 fully saturated rings. The number of hydrogen-bond donors (Lipinski definition) is 3. The Morgan fingerprint density at radius 2 is 2.12 bits per heavy atom. The van der Waals surface area contributed by atoms with E-state index < -0.39 is 0 Å². The molecule has 2 aromatic heterocycles. The first-order valence-electron chi connectivity index (χ1n) is 8.35. The van der Waals surface area contributed by atoms with E-state index >= 15 is 0 Å². The second-order valence-corrected chi connectivity index (χ2v) is 7.05. The Bertz CT molecular complexity index is 917. The number of aliphatic hydroxyl groups excluding tert-OH is 1. The Balaban J connectivity index is 1.92. The van der Waals surface area contributed by atoms with Gasteiger partial charge in [-0.3, -0.25) is 9.59 Å². The summed E-state index contributed by atoms with van der Waals surface area (Å²) >= 11 is 1.17. The van der Waals surface area contributed by atoms with Gasteiger partial charge in [0.2, 0.25) is 5.91 Å². The number of carbonyl (C=O) groups excluding carboxylic acids is 2. The summed E-state index contributed by atoms with van der Waals surface area (Å²) in [5.74, 6) is 0.230. The maximum Gasteiger partial charge on any atom is 0.223 e. The third-order valence-electron chi connectivity index (χ3n) is 4.05. The smallest absolute Gasteiger partial charge is 0.223 e. The predicted octanol–water partition coefficient (Wildman–Crippen LogP) is 3.33. The molecule has 8 heteroatoms. The van der Waals surface area contributed by atoms with Crippen LogP contribution in [0.3, 0.4) is 0 Å². The van der Waals surface area contributed by atoms with Crippen LogP contribution in [0, 0.1) is 6.92 Å². The summed E-state index contributed by atoms with van der Waals surface area (Å²) < 4.78 is 0. The van der Waals surface area contributed by atoms with Gasteiger partial charge in [0.25, 0.3) is 0 Å². The fraction of sp³-hybridized carbons (Fsp3) is 0.333. The highest BCUT2D eigenvalue weighted by Crippen LogP contribution is 2.37. The first-order valence-corrected chi connectivity index (χ1v) is 9.17. The number of nitrogens with one attached hydrogen (secondary N) is 2. The quantitative estimate of drug-likeness (QED) is 0.696. The lowest BCUT2D eigenvalue weighted by Gasteiger charge is -2.15. The van der Waals surface area contributed by atoms with E-state index in [0.29, 0.717) is 39.7 Å². The predicted molar refractivity (Wildman–Crippen MR) is 102 cm³/mol. The number of anilines is 2. The molecule has 1 aliphatic rings. The first kappa shape index (κ1) is 18.1. The maximum absolute atomic E-state index is 12.9. The Morgan fingerprint density at radius 1 is 1.35 bits per heavy atom. The summed E-state index contributed by atoms with van der Waals surface area (Å²) in [5, 5.41) is 16.8. The molecule has 0 aromatic carbocycles. The molecule has 7 nitrogen and oxygen atoms in total. The van der Waals surface area contributed by atoms with Crippen LogP contribution in [-0.2, 0) is 11.2 Å². The maximum atomic E-state index is 12.9. The van der Waals surface area contributed by atoms with Crippen molar-refractivity contribution in [2.45, 2.75) is 33.6 Å². The lowest BCUT2D eigenvalue weighted by atomic mass is 9.93. The van der Waals surface area contributed by atoms with Crippen molar-refractivity contribution < 1.29 is 14.7 Å². The SMILES string of the molecule is CCNc1ncc(C(=O)C2=C(O)c3sc(NC(C)=O)nc3CC2)cc1C. The van der Waals surface area contributed by atoms with Crippen molar-refractivity contribution in [1.82, 2.24) is 9.97 Å². The van der Waals surface area contributed by atoms with Crippen molar-refractivity contribution >= 4 is 39.7 Å². The molecule has 0 saturated carbocycles. The van der Waals surface area contributed by atoms with Crippen LogP contribution in [-0.4, -0.2) is 33.3 Å². The van der Waals surface area contributed by atoms with Crippen LogP contribution in [0.1, 0.15) is 46.8 Å². The summed E-state index contributed by atoms with van der Waals surface area (Å²) in [7, 11) is 0. The van der Waals surface area contributed by atoms with Crippen molar-refractivity contribution in [1.29, 1.82) is 0 Å². The molecule has 0 spiro atoms. The van der Waals surface area contributed by atoms with E-state index in [9.17, 15) is 14.7 Å². The van der Waals surface area contributed by atoms with Crippen molar-refractivity contribution in [3.63, 3.8) is 0 Å². The number of thiazole rings is 1. The van der Waals surface area contributed by atoms with E-state index in [4.69, 9.17) is 0 Å². The highest BCUT2D eigenvalue weighted by atomic mass is 32.1. The van der Waals surface area contributed by atoms with Gasteiger partial charge in [-0.1, -0.05) is 11.3 Å². The molecule has 2 heterocycles. The normalized spacial score (nSPS) is 13.3. The van der Waals surface area contributed by atoms with Crippen molar-refractivity contribution in [3.05, 3.63) is 39.5 Å². The number of aromatic nitrogens is 2. The highest BCUT2D eigenvalue weighted by Gasteiger charge is 2.28. The topological polar surface area (TPSA) is 104 Å². The van der Waals surface area contributed by atoms with Crippen molar-refractivity contribution in [2.75, 3.05) is 17.2 Å². The molecule has 26 heavy (non-hydrogen) atoms. The molecule has 136 valence electrons. The summed E-state index contributed by atoms with van der Waals surface area (Å²) in [4.78, 5) is 33.2. The lowest BCUT2D eigenvalue weighted by molar-refractivity contribution is -0.114. The first-order chi connectivity index (χ1) is 12.4. The number of ketones is 1. The summed E-state index contributed by atoms with van der Waals surface area (Å²) in [6, 6.07) is 1.78. The monoisotopic (exact) mass is 372 g/mol. The average Bonchev–Trinajstić information content (AvgIpc) is 2.99. The van der Waals surface area contributed by atoms with Crippen LogP contribution >= 0.6 is 11.3 Å². The molecular formula is C18H20N4O3S. The number of hydrogen-bond acceptors (Lipinski definition) is 7. The summed E-state index contributed by atoms with van der Waals surface area (Å²) in [6.07, 6.45) is 2.46. The van der Waals surface area contributed by atoms with Crippen molar-refractivity contribution in [3.8, 4) is 0 Å². The number of aryl methyl sites for hydroxylation is 2. The van der Waals surface area contributed by atoms with Gasteiger partial charge in [0, 0.05) is 30.8 Å². The number of aliphatic hydroxyl groups is 1. The molecule has 0 saturated heterocycles. The molecule has 1 amide bonds. The van der Waals surface area contributed by atoms with Gasteiger partial charge in [0.05, 0.1) is 10.6 Å². The third kappa shape index (κ3) is 3.45. The van der Waals surface area contributed by atoms with E-state index in [-0.39, 0.29) is 17.4 Å². The van der Waals surface area contributed by atoms with E-state index in [1.165, 1.54) is 24.5 Å². The lowest BCUT2D eigenvalue weighted by Crippen LogP contribution is -2.13. The zero-order valence-corrected chi connectivity index (χ0v) is 15.7. The molecule has 0 radical (unpaired) electrons. The van der Waals surface area contributed by atoms with E-state index in [2.05, 4.69) is 20.6 Å². The van der Waals surface area contributed by atoms with E-state index in [1.54, 1.807) is 6.07 Å². The second kappa shape index (κ2) is 7.25. The Morgan fingerprint density at radius 3 is 2.77 bits per heavy atom. The number of fused-ring (bicyclic) bond motifs is 1. The van der Waals surface area contributed by atoms with Crippen LogP contribution in [0.4, 0.5) is 10.9 Å². The van der Waals surface area contributed by atoms with E-state index in [1.807, 2.05) is 13.8 Å². The zero-order valence-electron chi connectivity index (χ0n) is 14.8. The number of allylic oxidation sites excluding steroid dienone is 1. The van der Waals surface area contributed by atoms with Gasteiger partial charge in [0.15, 0.2) is 10.9 Å². The number of nitrogens with zero attached hydrogens (tertiary/aromatic N) is 2. The molecule has 3 N–H and O–H groups in total. The fourth-order valence-electron chi connectivity index (χ4n) is 2.86. The van der Waals surface area contributed by atoms with Crippen LogP contribution in [0.5, 0.6) is 0 Å². The zero-order chi connectivity index (χ0) is 18.8. The van der Waals surface area contributed by atoms with Crippen LogP contribution < -0.4 is 10.6 Å². The number of amides is 1. The molecule has 0 bridgehead atoms. The molecule has 2 aromatic rings. The molecule has 0 atom stereocenters. The average molecular weight is 372 g/mol. The minimum atomic E-state index is -0.235. The summed E-state index contributed by atoms with van der Waals surface area (Å²) in [6.45, 7) is 6.01. The van der Waals surface area contributed by atoms with Gasteiger partial charge in [-0.25, -0.2) is 9.97 Å². The van der Waals surface area contributed by atoms with Crippen LogP contribution in [0.2, 0.25) is 0 Å². The molecular weight excluding hydrogens is 352 g/mol. The van der Waals surface area contributed by atoms with Crippen LogP contribution in [0.15, 0.2) is 17.8 Å². The van der Waals surface area contributed by atoms with Gasteiger partial charge in [0.1, 0.15) is 11.6 Å². The third-order valence-corrected chi connectivity index (χ3v) is 5.07. The largest absolute Gasteiger partial charge is 0.506 e. The number of pyridine rings is 1. The molecule has 0 aliphatic heterocycles. The number of carbonyl (C=O) groups is 2. The molecule has 3 rings (SSSR count). The van der Waals surface area contributed by atoms with Crippen LogP contribution in [0.25, 0.3) is 5.76 Å². The van der Waals surface area contributed by atoms with Crippen molar-refractivity contribution in [2.24, 2.45) is 0 Å². The van der Waals surface area contributed by atoms with E-state index in [0.717, 1.165) is 17.9 Å². The second-order valence-electron chi connectivity index (χ2n) is 6.05. The fourth-order valence-corrected chi connectivity index (χ4v) is 3.89. The number of Topliss-reactive ketones (excluding diaryl/α,β-unsaturated/α-hetero) is 1. The molecule has 1 aliphatic carbocycles. The minimum Gasteiger partial charge on any atom is -0.506 e. The molecule has 0 unspecified atom stereocenters. The summed E-state index contributed by atoms with van der Waals surface area (Å²) in [5.41, 5.74) is 2.37. The minimum absolute atomic E-state index is 0.0567. The van der Waals surface area contributed by atoms with Gasteiger partial charge in [-0.15, -0.1) is 0 Å². The Hall–Kier alpha value is -2.74. The van der Waals surface area contributed by atoms with Gasteiger partial charge in [-0.05, 0) is 38.3 Å². The van der Waals surface area contributed by atoms with Gasteiger partial charge >= 0.3 is 0 Å². The van der Waals surface area contributed by atoms with Gasteiger partial charge in [-0.2, -0.15) is 0 Å².